The van der Waals surface area contributed by atoms with Crippen LogP contribution in [0, 0.1) is 0 Å². The molecule has 0 atom stereocenters. The predicted molar refractivity (Wildman–Crippen MR) is 114 cm³/mol. The number of aromatic nitrogens is 2. The van der Waals surface area contributed by atoms with E-state index >= 15 is 0 Å². The molecule has 0 aliphatic carbocycles. The third-order valence-corrected chi connectivity index (χ3v) is 5.70. The van der Waals surface area contributed by atoms with Gasteiger partial charge in [-0.25, -0.2) is 4.98 Å². The first kappa shape index (κ1) is 20.7. The zero-order valence-electron chi connectivity index (χ0n) is 16.7. The lowest BCUT2D eigenvalue weighted by molar-refractivity contribution is -0.138. The van der Waals surface area contributed by atoms with E-state index in [1.807, 2.05) is 18.2 Å². The second-order valence-corrected chi connectivity index (χ2v) is 7.87. The number of hydrogen-bond acceptors (Lipinski definition) is 7. The number of rotatable bonds is 6. The Morgan fingerprint density at radius 2 is 1.68 bits per heavy atom. The van der Waals surface area contributed by atoms with Gasteiger partial charge in [0.25, 0.3) is 5.91 Å². The molecule has 31 heavy (non-hydrogen) atoms. The predicted octanol–water partition coefficient (Wildman–Crippen LogP) is 1.84. The van der Waals surface area contributed by atoms with Gasteiger partial charge in [0.1, 0.15) is 0 Å². The number of furan rings is 1. The highest BCUT2D eigenvalue weighted by Crippen LogP contribution is 2.18. The maximum Gasteiger partial charge on any atom is 0.293 e. The van der Waals surface area contributed by atoms with E-state index in [1.54, 1.807) is 33.5 Å². The highest BCUT2D eigenvalue weighted by Gasteiger charge is 2.25. The van der Waals surface area contributed by atoms with Crippen LogP contribution in [0.15, 0.2) is 52.6 Å². The lowest BCUT2D eigenvalue weighted by Gasteiger charge is -2.34. The number of amides is 3. The molecule has 3 amide bonds. The van der Waals surface area contributed by atoms with E-state index in [0.717, 1.165) is 5.69 Å². The van der Waals surface area contributed by atoms with Crippen LogP contribution < -0.4 is 5.32 Å². The number of anilines is 1. The molecule has 0 aromatic carbocycles. The Morgan fingerprint density at radius 1 is 0.968 bits per heavy atom. The van der Waals surface area contributed by atoms with Crippen molar-refractivity contribution in [1.29, 1.82) is 0 Å². The van der Waals surface area contributed by atoms with Crippen molar-refractivity contribution in [3.8, 4) is 0 Å². The first-order chi connectivity index (χ1) is 15.1. The Hall–Kier alpha value is -3.53. The molecule has 0 unspecified atom stereocenters. The number of carbonyl (C=O) groups excluding carboxylic acids is 3. The Morgan fingerprint density at radius 3 is 2.29 bits per heavy atom. The number of hydrogen-bond donors (Lipinski definition) is 1. The van der Waals surface area contributed by atoms with Crippen molar-refractivity contribution in [2.24, 2.45) is 0 Å². The molecule has 10 heteroatoms. The van der Waals surface area contributed by atoms with E-state index < -0.39 is 0 Å². The van der Waals surface area contributed by atoms with Gasteiger partial charge in [0.15, 0.2) is 10.9 Å². The van der Waals surface area contributed by atoms with Crippen LogP contribution in [0.4, 0.5) is 5.13 Å². The Bertz CT molecular complexity index is 1040. The van der Waals surface area contributed by atoms with E-state index in [2.05, 4.69) is 15.3 Å². The van der Waals surface area contributed by atoms with Crippen LogP contribution in [0.25, 0.3) is 0 Å². The number of thiazole rings is 1. The molecule has 3 aromatic rings. The molecular formula is C21H21N5O4S. The zero-order valence-corrected chi connectivity index (χ0v) is 17.5. The van der Waals surface area contributed by atoms with Crippen LogP contribution in [0.5, 0.6) is 0 Å². The quantitative estimate of drug-likeness (QED) is 0.628. The zero-order chi connectivity index (χ0) is 21.6. The molecule has 1 N–H and O–H groups in total. The Kier molecular flexibility index (Phi) is 6.37. The van der Waals surface area contributed by atoms with Gasteiger partial charge in [0.05, 0.1) is 24.8 Å². The highest BCUT2D eigenvalue weighted by molar-refractivity contribution is 7.14. The standard InChI is InChI=1S/C21H21N5O4S/c27-18(12-15-4-1-2-6-22-15)25-7-9-26(10-8-25)19(28)13-16-14-31-21(23-16)24-20(29)17-5-3-11-30-17/h1-6,11,14H,7-10,12-13H2,(H,23,24,29). The van der Waals surface area contributed by atoms with E-state index in [0.29, 0.717) is 37.0 Å². The Balaban J connectivity index is 1.24. The summed E-state index contributed by atoms with van der Waals surface area (Å²) in [4.78, 5) is 49.1. The van der Waals surface area contributed by atoms with Gasteiger partial charge in [0, 0.05) is 43.4 Å². The summed E-state index contributed by atoms with van der Waals surface area (Å²) in [6.45, 7) is 1.97. The summed E-state index contributed by atoms with van der Waals surface area (Å²) in [5.74, 6) is -0.222. The fourth-order valence-corrected chi connectivity index (χ4v) is 3.96. The van der Waals surface area contributed by atoms with Crippen LogP contribution >= 0.6 is 11.3 Å². The summed E-state index contributed by atoms with van der Waals surface area (Å²) >= 11 is 1.25. The molecule has 0 spiro atoms. The second kappa shape index (κ2) is 9.52. The maximum absolute atomic E-state index is 12.6. The first-order valence-electron chi connectivity index (χ1n) is 9.83. The van der Waals surface area contributed by atoms with Crippen molar-refractivity contribution in [2.75, 3.05) is 31.5 Å². The van der Waals surface area contributed by atoms with Crippen molar-refractivity contribution in [3.63, 3.8) is 0 Å². The summed E-state index contributed by atoms with van der Waals surface area (Å²) in [5.41, 5.74) is 1.34. The second-order valence-electron chi connectivity index (χ2n) is 7.01. The molecule has 1 aliphatic rings. The number of pyridine rings is 1. The van der Waals surface area contributed by atoms with Gasteiger partial charge >= 0.3 is 0 Å². The molecule has 1 fully saturated rings. The third kappa shape index (κ3) is 5.34. The number of nitrogens with zero attached hydrogens (tertiary/aromatic N) is 4. The van der Waals surface area contributed by atoms with Crippen LogP contribution in [0.1, 0.15) is 21.9 Å². The highest BCUT2D eigenvalue weighted by atomic mass is 32.1. The van der Waals surface area contributed by atoms with Crippen LogP contribution in [-0.4, -0.2) is 63.7 Å². The molecule has 1 saturated heterocycles. The van der Waals surface area contributed by atoms with E-state index in [9.17, 15) is 14.4 Å². The monoisotopic (exact) mass is 439 g/mol. The number of carbonyl (C=O) groups is 3. The molecule has 4 rings (SSSR count). The molecule has 160 valence electrons. The van der Waals surface area contributed by atoms with Crippen molar-refractivity contribution >= 4 is 34.2 Å². The molecule has 1 aliphatic heterocycles. The van der Waals surface area contributed by atoms with Gasteiger partial charge in [-0.05, 0) is 24.3 Å². The lowest BCUT2D eigenvalue weighted by atomic mass is 10.2. The van der Waals surface area contributed by atoms with E-state index in [1.165, 1.54) is 17.6 Å². The van der Waals surface area contributed by atoms with Gasteiger partial charge in [-0.3, -0.25) is 24.7 Å². The van der Waals surface area contributed by atoms with E-state index in [-0.39, 0.29) is 36.3 Å². The minimum Gasteiger partial charge on any atom is -0.459 e. The van der Waals surface area contributed by atoms with Gasteiger partial charge in [0.2, 0.25) is 11.8 Å². The van der Waals surface area contributed by atoms with Crippen molar-refractivity contribution in [2.45, 2.75) is 12.8 Å². The summed E-state index contributed by atoms with van der Waals surface area (Å²) in [6.07, 6.45) is 3.51. The number of piperazine rings is 1. The molecule has 3 aromatic heterocycles. The fourth-order valence-electron chi connectivity index (χ4n) is 3.25. The van der Waals surface area contributed by atoms with Crippen LogP contribution in [0.3, 0.4) is 0 Å². The topological polar surface area (TPSA) is 109 Å². The molecule has 4 heterocycles. The molecule has 0 radical (unpaired) electrons. The van der Waals surface area contributed by atoms with Gasteiger partial charge in [-0.15, -0.1) is 11.3 Å². The number of nitrogens with one attached hydrogen (secondary N) is 1. The summed E-state index contributed by atoms with van der Waals surface area (Å²) < 4.78 is 5.05. The third-order valence-electron chi connectivity index (χ3n) is 4.89. The fraction of sp³-hybridized carbons (Fsp3) is 0.286. The van der Waals surface area contributed by atoms with E-state index in [4.69, 9.17) is 4.42 Å². The summed E-state index contributed by atoms with van der Waals surface area (Å²) in [7, 11) is 0. The SMILES string of the molecule is O=C(Nc1nc(CC(=O)N2CCN(C(=O)Cc3ccccn3)CC2)cs1)c1ccco1. The van der Waals surface area contributed by atoms with Crippen LogP contribution in [-0.2, 0) is 22.4 Å². The summed E-state index contributed by atoms with van der Waals surface area (Å²) in [6, 6.07) is 8.70. The van der Waals surface area contributed by atoms with Gasteiger partial charge in [-0.2, -0.15) is 0 Å². The normalized spacial score (nSPS) is 13.8. The first-order valence-corrected chi connectivity index (χ1v) is 10.7. The Labute approximate surface area is 182 Å². The van der Waals surface area contributed by atoms with Gasteiger partial charge in [-0.1, -0.05) is 6.07 Å². The average Bonchev–Trinajstić information content (AvgIpc) is 3.47. The molecular weight excluding hydrogens is 418 g/mol. The van der Waals surface area contributed by atoms with Crippen molar-refractivity contribution in [1.82, 2.24) is 19.8 Å². The molecule has 9 nitrogen and oxygen atoms in total. The smallest absolute Gasteiger partial charge is 0.293 e. The van der Waals surface area contributed by atoms with Crippen molar-refractivity contribution < 1.29 is 18.8 Å². The van der Waals surface area contributed by atoms with Gasteiger partial charge < -0.3 is 14.2 Å². The lowest BCUT2D eigenvalue weighted by Crippen LogP contribution is -2.51. The van der Waals surface area contributed by atoms with Crippen molar-refractivity contribution in [3.05, 3.63) is 65.3 Å². The minimum atomic E-state index is -0.385. The molecule has 0 bridgehead atoms. The maximum atomic E-state index is 12.6. The average molecular weight is 439 g/mol. The largest absolute Gasteiger partial charge is 0.459 e. The van der Waals surface area contributed by atoms with Crippen LogP contribution in [0.2, 0.25) is 0 Å². The minimum absolute atomic E-state index is 0.0160. The summed E-state index contributed by atoms with van der Waals surface area (Å²) in [5, 5.41) is 4.82. The molecule has 0 saturated carbocycles.